The van der Waals surface area contributed by atoms with Crippen molar-refractivity contribution in [2.24, 2.45) is 0 Å². The van der Waals surface area contributed by atoms with Gasteiger partial charge in [-0.3, -0.25) is 9.59 Å². The molecule has 0 atom stereocenters. The second kappa shape index (κ2) is 8.35. The lowest BCUT2D eigenvalue weighted by atomic mass is 10.0. The zero-order chi connectivity index (χ0) is 19.3. The molecule has 0 bridgehead atoms. The van der Waals surface area contributed by atoms with Gasteiger partial charge in [-0.15, -0.1) is 11.8 Å². The molecule has 142 valence electrons. The normalized spacial score (nSPS) is 13.1. The fourth-order valence-electron chi connectivity index (χ4n) is 3.28. The molecule has 1 aliphatic heterocycles. The molecule has 4 rings (SSSR count). The maximum atomic E-state index is 12.8. The summed E-state index contributed by atoms with van der Waals surface area (Å²) >= 11 is 1.47. The van der Waals surface area contributed by atoms with Crippen LogP contribution in [-0.2, 0) is 11.2 Å². The first-order valence-electron chi connectivity index (χ1n) is 9.17. The molecule has 2 aromatic carbocycles. The Morgan fingerprint density at radius 1 is 1.07 bits per heavy atom. The van der Waals surface area contributed by atoms with Crippen LogP contribution in [0.4, 0.5) is 11.4 Å². The molecule has 6 heteroatoms. The third-order valence-electron chi connectivity index (χ3n) is 4.61. The Morgan fingerprint density at radius 3 is 2.82 bits per heavy atom. The topological polar surface area (TPSA) is 62.6 Å². The van der Waals surface area contributed by atoms with E-state index >= 15 is 0 Å². The Balaban J connectivity index is 1.39. The van der Waals surface area contributed by atoms with Gasteiger partial charge in [0, 0.05) is 22.8 Å². The molecular formula is C22H20N2O3S. The highest BCUT2D eigenvalue weighted by Crippen LogP contribution is 2.28. The van der Waals surface area contributed by atoms with Crippen LogP contribution in [0.2, 0.25) is 0 Å². The number of nitrogens with one attached hydrogen (secondary N) is 1. The number of hydrogen-bond acceptors (Lipinski definition) is 4. The number of fused-ring (bicyclic) bond motifs is 1. The van der Waals surface area contributed by atoms with Crippen LogP contribution in [0.3, 0.4) is 0 Å². The molecule has 0 fully saturated rings. The lowest BCUT2D eigenvalue weighted by Crippen LogP contribution is -2.36. The van der Waals surface area contributed by atoms with Gasteiger partial charge in [-0.05, 0) is 54.8 Å². The number of carbonyl (C=O) groups is 2. The molecule has 28 heavy (non-hydrogen) atoms. The monoisotopic (exact) mass is 392 g/mol. The van der Waals surface area contributed by atoms with Gasteiger partial charge >= 0.3 is 0 Å². The van der Waals surface area contributed by atoms with Gasteiger partial charge in [0.15, 0.2) is 5.76 Å². The van der Waals surface area contributed by atoms with Crippen molar-refractivity contribution in [1.29, 1.82) is 0 Å². The number of para-hydroxylation sites is 1. The smallest absolute Gasteiger partial charge is 0.291 e. The Kier molecular flexibility index (Phi) is 5.48. The molecule has 2 amide bonds. The van der Waals surface area contributed by atoms with Crippen molar-refractivity contribution in [2.75, 3.05) is 22.5 Å². The van der Waals surface area contributed by atoms with Gasteiger partial charge < -0.3 is 14.6 Å². The number of furan rings is 1. The van der Waals surface area contributed by atoms with E-state index < -0.39 is 0 Å². The number of rotatable bonds is 5. The lowest BCUT2D eigenvalue weighted by molar-refractivity contribution is -0.116. The summed E-state index contributed by atoms with van der Waals surface area (Å²) in [6, 6.07) is 18.9. The van der Waals surface area contributed by atoms with Crippen molar-refractivity contribution in [3.8, 4) is 0 Å². The molecule has 0 radical (unpaired) electrons. The third kappa shape index (κ3) is 4.12. The molecule has 0 saturated carbocycles. The molecule has 1 aromatic heterocycles. The number of hydrogen-bond donors (Lipinski definition) is 1. The van der Waals surface area contributed by atoms with Gasteiger partial charge in [0.1, 0.15) is 0 Å². The van der Waals surface area contributed by atoms with E-state index in [1.807, 2.05) is 47.4 Å². The first kappa shape index (κ1) is 18.4. The summed E-state index contributed by atoms with van der Waals surface area (Å²) in [6.07, 6.45) is 3.47. The van der Waals surface area contributed by atoms with E-state index in [9.17, 15) is 9.59 Å². The van der Waals surface area contributed by atoms with E-state index in [-0.39, 0.29) is 17.6 Å². The van der Waals surface area contributed by atoms with E-state index in [1.165, 1.54) is 23.6 Å². The largest absolute Gasteiger partial charge is 0.459 e. The minimum absolute atomic E-state index is 0.0992. The molecular weight excluding hydrogens is 372 g/mol. The second-order valence-electron chi connectivity index (χ2n) is 6.53. The van der Waals surface area contributed by atoms with Gasteiger partial charge in [-0.25, -0.2) is 0 Å². The van der Waals surface area contributed by atoms with Crippen LogP contribution in [0.1, 0.15) is 22.5 Å². The number of carbonyl (C=O) groups excluding carboxylic acids is 2. The quantitative estimate of drug-likeness (QED) is 0.645. The van der Waals surface area contributed by atoms with Crippen molar-refractivity contribution in [1.82, 2.24) is 0 Å². The van der Waals surface area contributed by atoms with Gasteiger partial charge in [-0.1, -0.05) is 24.3 Å². The number of nitrogens with zero attached hydrogens (tertiary/aromatic N) is 1. The van der Waals surface area contributed by atoms with E-state index in [1.54, 1.807) is 12.1 Å². The van der Waals surface area contributed by atoms with Crippen LogP contribution in [0.5, 0.6) is 0 Å². The summed E-state index contributed by atoms with van der Waals surface area (Å²) in [5, 5.41) is 2.81. The molecule has 0 saturated heterocycles. The van der Waals surface area contributed by atoms with Crippen LogP contribution < -0.4 is 10.2 Å². The average Bonchev–Trinajstić information content (AvgIpc) is 3.27. The Labute approximate surface area is 167 Å². The van der Waals surface area contributed by atoms with Gasteiger partial charge in [-0.2, -0.15) is 0 Å². The predicted octanol–water partition coefficient (Wildman–Crippen LogP) is 4.60. The molecule has 0 aliphatic carbocycles. The molecule has 2 heterocycles. The summed E-state index contributed by atoms with van der Waals surface area (Å²) in [5.74, 6) is 0.413. The van der Waals surface area contributed by atoms with Crippen LogP contribution in [0.25, 0.3) is 0 Å². The number of anilines is 2. The predicted molar refractivity (Wildman–Crippen MR) is 111 cm³/mol. The first-order valence-corrected chi connectivity index (χ1v) is 10.2. The summed E-state index contributed by atoms with van der Waals surface area (Å²) < 4.78 is 5.11. The number of aryl methyl sites for hydroxylation is 1. The molecule has 5 nitrogen and oxygen atoms in total. The van der Waals surface area contributed by atoms with Gasteiger partial charge in [0.05, 0.1) is 12.0 Å². The number of thioether (sulfide) groups is 1. The van der Waals surface area contributed by atoms with Crippen molar-refractivity contribution >= 4 is 35.0 Å². The summed E-state index contributed by atoms with van der Waals surface area (Å²) in [6.45, 7) is 0.760. The highest BCUT2D eigenvalue weighted by atomic mass is 32.2. The van der Waals surface area contributed by atoms with Crippen molar-refractivity contribution in [3.05, 3.63) is 78.3 Å². The van der Waals surface area contributed by atoms with Gasteiger partial charge in [0.25, 0.3) is 5.91 Å². The number of amides is 2. The maximum Gasteiger partial charge on any atom is 0.291 e. The minimum Gasteiger partial charge on any atom is -0.459 e. The zero-order valence-corrected chi connectivity index (χ0v) is 16.1. The van der Waals surface area contributed by atoms with E-state index in [2.05, 4.69) is 11.4 Å². The van der Waals surface area contributed by atoms with Crippen molar-refractivity contribution in [3.63, 3.8) is 0 Å². The Hall–Kier alpha value is -2.99. The van der Waals surface area contributed by atoms with Crippen molar-refractivity contribution < 1.29 is 14.0 Å². The zero-order valence-electron chi connectivity index (χ0n) is 15.3. The maximum absolute atomic E-state index is 12.8. The fourth-order valence-corrected chi connectivity index (χ4v) is 4.11. The van der Waals surface area contributed by atoms with Gasteiger partial charge in [0.2, 0.25) is 5.91 Å². The highest BCUT2D eigenvalue weighted by molar-refractivity contribution is 8.00. The molecule has 1 aliphatic rings. The molecule has 0 unspecified atom stereocenters. The standard InChI is InChI=1S/C22H20N2O3S/c25-21(24-12-4-7-16-6-1-2-10-19(16)24)15-28-18-9-3-8-17(14-18)23-22(26)20-11-5-13-27-20/h1-3,5-6,8-11,13-14H,4,7,12,15H2,(H,23,26). The summed E-state index contributed by atoms with van der Waals surface area (Å²) in [5.41, 5.74) is 2.93. The fraction of sp³-hybridized carbons (Fsp3) is 0.182. The first-order chi connectivity index (χ1) is 13.7. The van der Waals surface area contributed by atoms with E-state index in [4.69, 9.17) is 4.42 Å². The molecule has 1 N–H and O–H groups in total. The minimum atomic E-state index is -0.298. The average molecular weight is 392 g/mol. The van der Waals surface area contributed by atoms with Crippen LogP contribution in [0, 0.1) is 0 Å². The van der Waals surface area contributed by atoms with E-state index in [0.29, 0.717) is 11.4 Å². The Bertz CT molecular complexity index is 985. The SMILES string of the molecule is O=C(Nc1cccc(SCC(=O)N2CCCc3ccccc32)c1)c1ccco1. The van der Waals surface area contributed by atoms with Crippen LogP contribution in [-0.4, -0.2) is 24.1 Å². The van der Waals surface area contributed by atoms with E-state index in [0.717, 1.165) is 30.0 Å². The second-order valence-corrected chi connectivity index (χ2v) is 7.57. The van der Waals surface area contributed by atoms with Crippen LogP contribution in [0.15, 0.2) is 76.2 Å². The lowest BCUT2D eigenvalue weighted by Gasteiger charge is -2.29. The van der Waals surface area contributed by atoms with Crippen molar-refractivity contribution in [2.45, 2.75) is 17.7 Å². The van der Waals surface area contributed by atoms with Crippen LogP contribution >= 0.6 is 11.8 Å². The molecule has 0 spiro atoms. The highest BCUT2D eigenvalue weighted by Gasteiger charge is 2.22. The number of benzene rings is 2. The Morgan fingerprint density at radius 2 is 1.96 bits per heavy atom. The third-order valence-corrected chi connectivity index (χ3v) is 5.59. The summed E-state index contributed by atoms with van der Waals surface area (Å²) in [7, 11) is 0. The molecule has 3 aromatic rings. The summed E-state index contributed by atoms with van der Waals surface area (Å²) in [4.78, 5) is 27.7.